The van der Waals surface area contributed by atoms with E-state index < -0.39 is 6.09 Å². The number of carbonyl (C=O) groups excluding carboxylic acids is 1. The summed E-state index contributed by atoms with van der Waals surface area (Å²) in [6.45, 7) is 4.42. The highest BCUT2D eigenvalue weighted by atomic mass is 32.1. The zero-order valence-corrected chi connectivity index (χ0v) is 12.1. The first kappa shape index (κ1) is 15.2. The first-order valence-electron chi connectivity index (χ1n) is 6.73. The molecule has 4 nitrogen and oxygen atoms in total. The Balaban J connectivity index is 2.46. The number of alkyl carbamates (subject to hydrolysis) is 1. The van der Waals surface area contributed by atoms with Crippen molar-refractivity contribution in [3.05, 3.63) is 0 Å². The number of hydrogen-bond donors (Lipinski definition) is 2. The van der Waals surface area contributed by atoms with E-state index in [1.807, 2.05) is 13.8 Å². The predicted octanol–water partition coefficient (Wildman–Crippen LogP) is 2.60. The lowest BCUT2D eigenvalue weighted by atomic mass is 9.84. The maximum Gasteiger partial charge on any atom is 0.407 e. The van der Waals surface area contributed by atoms with Crippen molar-refractivity contribution in [3.63, 3.8) is 0 Å². The summed E-state index contributed by atoms with van der Waals surface area (Å²) in [5.74, 6) is 0.691. The first-order valence-corrected chi connectivity index (χ1v) is 7.14. The molecule has 1 unspecified atom stereocenters. The molecule has 18 heavy (non-hydrogen) atoms. The van der Waals surface area contributed by atoms with E-state index in [0.717, 1.165) is 12.8 Å². The molecule has 0 bridgehead atoms. The molecular weight excluding hydrogens is 248 g/mol. The predicted molar refractivity (Wildman–Crippen MR) is 76.5 cm³/mol. The second kappa shape index (κ2) is 7.56. The van der Waals surface area contributed by atoms with Crippen LogP contribution >= 0.6 is 12.2 Å². The summed E-state index contributed by atoms with van der Waals surface area (Å²) >= 11 is 5.06. The number of ether oxygens (including phenoxy) is 1. The van der Waals surface area contributed by atoms with Gasteiger partial charge < -0.3 is 15.8 Å². The van der Waals surface area contributed by atoms with Gasteiger partial charge >= 0.3 is 6.09 Å². The fourth-order valence-electron chi connectivity index (χ4n) is 2.30. The number of amides is 1. The van der Waals surface area contributed by atoms with E-state index in [-0.39, 0.29) is 6.04 Å². The topological polar surface area (TPSA) is 64.3 Å². The maximum absolute atomic E-state index is 11.7. The second-order valence-electron chi connectivity index (χ2n) is 5.41. The molecule has 0 spiro atoms. The third-order valence-electron chi connectivity index (χ3n) is 3.25. The largest absolute Gasteiger partial charge is 0.449 e. The average molecular weight is 272 g/mol. The van der Waals surface area contributed by atoms with Crippen molar-refractivity contribution in [2.45, 2.75) is 52.0 Å². The molecule has 0 saturated heterocycles. The Hall–Kier alpha value is -0.840. The van der Waals surface area contributed by atoms with Gasteiger partial charge in [-0.15, -0.1) is 0 Å². The van der Waals surface area contributed by atoms with Crippen LogP contribution in [0.3, 0.4) is 0 Å². The van der Waals surface area contributed by atoms with Gasteiger partial charge in [-0.3, -0.25) is 0 Å². The molecule has 5 heteroatoms. The van der Waals surface area contributed by atoms with Gasteiger partial charge in [-0.25, -0.2) is 4.79 Å². The summed E-state index contributed by atoms with van der Waals surface area (Å²) in [7, 11) is 0. The maximum atomic E-state index is 11.7. The highest BCUT2D eigenvalue weighted by Crippen LogP contribution is 2.26. The lowest BCUT2D eigenvalue weighted by Crippen LogP contribution is -2.49. The van der Waals surface area contributed by atoms with Crippen molar-refractivity contribution >= 4 is 23.3 Å². The number of hydrogen-bond acceptors (Lipinski definition) is 3. The van der Waals surface area contributed by atoms with Gasteiger partial charge in [-0.1, -0.05) is 45.3 Å². The zero-order valence-electron chi connectivity index (χ0n) is 11.3. The van der Waals surface area contributed by atoms with Crippen LogP contribution in [-0.4, -0.2) is 23.7 Å². The molecule has 0 aromatic carbocycles. The minimum atomic E-state index is -0.410. The molecular formula is C13H24N2O2S. The third-order valence-corrected chi connectivity index (χ3v) is 3.50. The SMILES string of the molecule is CC(C)COC(=O)NC(C(N)=S)C1CCCCC1. The normalized spacial score (nSPS) is 18.4. The smallest absolute Gasteiger partial charge is 0.407 e. The lowest BCUT2D eigenvalue weighted by Gasteiger charge is -2.29. The van der Waals surface area contributed by atoms with Crippen molar-refractivity contribution in [1.82, 2.24) is 5.32 Å². The molecule has 1 saturated carbocycles. The lowest BCUT2D eigenvalue weighted by molar-refractivity contribution is 0.127. The molecule has 0 heterocycles. The first-order chi connectivity index (χ1) is 8.50. The van der Waals surface area contributed by atoms with Gasteiger partial charge in [0.15, 0.2) is 0 Å². The molecule has 0 aromatic heterocycles. The highest BCUT2D eigenvalue weighted by Gasteiger charge is 2.27. The van der Waals surface area contributed by atoms with Crippen LogP contribution in [0.25, 0.3) is 0 Å². The zero-order chi connectivity index (χ0) is 13.5. The van der Waals surface area contributed by atoms with E-state index in [1.165, 1.54) is 19.3 Å². The third kappa shape index (κ3) is 5.21. The number of nitrogens with two attached hydrogens (primary N) is 1. The summed E-state index contributed by atoms with van der Waals surface area (Å²) in [5.41, 5.74) is 5.73. The molecule has 0 aliphatic heterocycles. The molecule has 0 aromatic rings. The van der Waals surface area contributed by atoms with Gasteiger partial charge in [-0.05, 0) is 24.7 Å². The van der Waals surface area contributed by atoms with Crippen molar-refractivity contribution in [2.24, 2.45) is 17.6 Å². The summed E-state index contributed by atoms with van der Waals surface area (Å²) < 4.78 is 5.11. The fraction of sp³-hybridized carbons (Fsp3) is 0.846. The van der Waals surface area contributed by atoms with E-state index in [0.29, 0.717) is 23.4 Å². The fourth-order valence-corrected chi connectivity index (χ4v) is 2.55. The molecule has 1 aliphatic carbocycles. The van der Waals surface area contributed by atoms with Crippen LogP contribution in [0.1, 0.15) is 46.0 Å². The monoisotopic (exact) mass is 272 g/mol. The molecule has 104 valence electrons. The Bertz CT molecular complexity index is 289. The van der Waals surface area contributed by atoms with Crippen LogP contribution < -0.4 is 11.1 Å². The number of nitrogens with one attached hydrogen (secondary N) is 1. The van der Waals surface area contributed by atoms with Crippen LogP contribution in [0.4, 0.5) is 4.79 Å². The van der Waals surface area contributed by atoms with E-state index in [1.54, 1.807) is 0 Å². The van der Waals surface area contributed by atoms with Crippen LogP contribution in [0.15, 0.2) is 0 Å². The average Bonchev–Trinajstić information content (AvgIpc) is 2.34. The molecule has 0 radical (unpaired) electrons. The second-order valence-corrected chi connectivity index (χ2v) is 5.89. The van der Waals surface area contributed by atoms with E-state index in [2.05, 4.69) is 5.32 Å². The Kier molecular flexibility index (Phi) is 6.39. The minimum absolute atomic E-state index is 0.222. The molecule has 1 fully saturated rings. The van der Waals surface area contributed by atoms with Gasteiger partial charge in [0.05, 0.1) is 17.6 Å². The van der Waals surface area contributed by atoms with Gasteiger partial charge in [0.1, 0.15) is 0 Å². The van der Waals surface area contributed by atoms with Crippen molar-refractivity contribution < 1.29 is 9.53 Å². The summed E-state index contributed by atoms with van der Waals surface area (Å²) in [6.07, 6.45) is 5.38. The minimum Gasteiger partial charge on any atom is -0.449 e. The Morgan fingerprint density at radius 2 is 2.00 bits per heavy atom. The van der Waals surface area contributed by atoms with Crippen molar-refractivity contribution in [3.8, 4) is 0 Å². The van der Waals surface area contributed by atoms with Crippen molar-refractivity contribution in [2.75, 3.05) is 6.61 Å². The van der Waals surface area contributed by atoms with Crippen LogP contribution in [0.2, 0.25) is 0 Å². The molecule has 1 amide bonds. The molecule has 1 rings (SSSR count). The van der Waals surface area contributed by atoms with Gasteiger partial charge in [0, 0.05) is 0 Å². The molecule has 1 atom stereocenters. The standard InChI is InChI=1S/C13H24N2O2S/c1-9(2)8-17-13(16)15-11(12(14)18)10-6-4-3-5-7-10/h9-11H,3-8H2,1-2H3,(H2,14,18)(H,15,16). The van der Waals surface area contributed by atoms with Crippen LogP contribution in [0, 0.1) is 11.8 Å². The van der Waals surface area contributed by atoms with E-state index in [9.17, 15) is 4.79 Å². The summed E-state index contributed by atoms with van der Waals surface area (Å²) in [5, 5.41) is 2.81. The van der Waals surface area contributed by atoms with E-state index in [4.69, 9.17) is 22.7 Å². The Morgan fingerprint density at radius 3 is 2.50 bits per heavy atom. The van der Waals surface area contributed by atoms with Crippen LogP contribution in [-0.2, 0) is 4.74 Å². The highest BCUT2D eigenvalue weighted by molar-refractivity contribution is 7.80. The Labute approximate surface area is 115 Å². The number of thiocarbonyl (C=S) groups is 1. The summed E-state index contributed by atoms with van der Waals surface area (Å²) in [4.78, 5) is 12.0. The van der Waals surface area contributed by atoms with Gasteiger partial charge in [-0.2, -0.15) is 0 Å². The van der Waals surface area contributed by atoms with Gasteiger partial charge in [0.2, 0.25) is 0 Å². The van der Waals surface area contributed by atoms with E-state index >= 15 is 0 Å². The molecule has 1 aliphatic rings. The quantitative estimate of drug-likeness (QED) is 0.755. The van der Waals surface area contributed by atoms with Gasteiger partial charge in [0.25, 0.3) is 0 Å². The summed E-state index contributed by atoms with van der Waals surface area (Å²) in [6, 6.07) is -0.222. The number of rotatable bonds is 5. The van der Waals surface area contributed by atoms with Crippen LogP contribution in [0.5, 0.6) is 0 Å². The molecule has 3 N–H and O–H groups in total. The Morgan fingerprint density at radius 1 is 1.39 bits per heavy atom. The van der Waals surface area contributed by atoms with Crippen molar-refractivity contribution in [1.29, 1.82) is 0 Å². The number of carbonyl (C=O) groups is 1.